The van der Waals surface area contributed by atoms with Crippen LogP contribution in [0, 0.1) is 11.8 Å². The Kier molecular flexibility index (Phi) is 14.0. The van der Waals surface area contributed by atoms with E-state index >= 15 is 0 Å². The van der Waals surface area contributed by atoms with E-state index in [4.69, 9.17) is 4.74 Å². The summed E-state index contributed by atoms with van der Waals surface area (Å²) in [5, 5.41) is 0. The number of hydrogen-bond acceptors (Lipinski definition) is 2. The first-order chi connectivity index (χ1) is 7.49. The maximum atomic E-state index is 11.0. The van der Waals surface area contributed by atoms with Crippen molar-refractivity contribution in [3.8, 4) is 0 Å². The summed E-state index contributed by atoms with van der Waals surface area (Å²) in [6, 6.07) is 0. The van der Waals surface area contributed by atoms with Crippen LogP contribution in [0.15, 0.2) is 0 Å². The van der Waals surface area contributed by atoms with E-state index in [-0.39, 0.29) is 11.9 Å². The average molecular weight is 230 g/mol. The van der Waals surface area contributed by atoms with Crippen LogP contribution >= 0.6 is 0 Å². The zero-order valence-corrected chi connectivity index (χ0v) is 12.0. The summed E-state index contributed by atoms with van der Waals surface area (Å²) in [4.78, 5) is 11.0. The third-order valence-corrected chi connectivity index (χ3v) is 2.57. The number of unbranched alkanes of at least 4 members (excludes halogenated alkanes) is 1. The fraction of sp³-hybridized carbons (Fsp3) is 0.929. The van der Waals surface area contributed by atoms with Crippen molar-refractivity contribution in [2.24, 2.45) is 11.8 Å². The Morgan fingerprint density at radius 1 is 1.06 bits per heavy atom. The fourth-order valence-electron chi connectivity index (χ4n) is 0.626. The van der Waals surface area contributed by atoms with Crippen LogP contribution in [-0.4, -0.2) is 12.6 Å². The molecule has 0 amide bonds. The highest BCUT2D eigenvalue weighted by Gasteiger charge is 2.10. The van der Waals surface area contributed by atoms with E-state index in [1.165, 1.54) is 6.42 Å². The molecule has 0 aromatic heterocycles. The lowest BCUT2D eigenvalue weighted by Gasteiger charge is -2.07. The second kappa shape index (κ2) is 12.5. The van der Waals surface area contributed by atoms with Gasteiger partial charge >= 0.3 is 5.97 Å². The molecule has 16 heavy (non-hydrogen) atoms. The van der Waals surface area contributed by atoms with Crippen molar-refractivity contribution in [3.63, 3.8) is 0 Å². The maximum absolute atomic E-state index is 11.0. The van der Waals surface area contributed by atoms with E-state index in [0.717, 1.165) is 25.2 Å². The normalized spacial score (nSPS) is 11.7. The quantitative estimate of drug-likeness (QED) is 0.498. The minimum absolute atomic E-state index is 0.0547. The van der Waals surface area contributed by atoms with Gasteiger partial charge in [-0.3, -0.25) is 4.79 Å². The van der Waals surface area contributed by atoms with Gasteiger partial charge in [-0.15, -0.1) is 0 Å². The fourth-order valence-corrected chi connectivity index (χ4v) is 0.626. The van der Waals surface area contributed by atoms with Crippen LogP contribution in [0.2, 0.25) is 0 Å². The summed E-state index contributed by atoms with van der Waals surface area (Å²) >= 11 is 0. The molecule has 0 aliphatic carbocycles. The van der Waals surface area contributed by atoms with Crippen LogP contribution in [0.25, 0.3) is 0 Å². The van der Waals surface area contributed by atoms with Crippen LogP contribution in [0.4, 0.5) is 0 Å². The van der Waals surface area contributed by atoms with Gasteiger partial charge in [0, 0.05) is 0 Å². The predicted molar refractivity (Wildman–Crippen MR) is 70.5 cm³/mol. The van der Waals surface area contributed by atoms with Gasteiger partial charge in [-0.1, -0.05) is 54.4 Å². The van der Waals surface area contributed by atoms with Gasteiger partial charge in [0.15, 0.2) is 0 Å². The third kappa shape index (κ3) is 13.5. The molecule has 98 valence electrons. The molecule has 0 bridgehead atoms. The second-order valence-electron chi connectivity index (χ2n) is 4.63. The Balaban J connectivity index is 0. The summed E-state index contributed by atoms with van der Waals surface area (Å²) in [6.07, 6.45) is 4.22. The van der Waals surface area contributed by atoms with Crippen molar-refractivity contribution in [2.45, 2.75) is 67.2 Å². The van der Waals surface area contributed by atoms with Crippen molar-refractivity contribution < 1.29 is 9.53 Å². The Bertz CT molecular complexity index is 153. The topological polar surface area (TPSA) is 26.3 Å². The molecule has 0 heterocycles. The zero-order chi connectivity index (χ0) is 13.0. The van der Waals surface area contributed by atoms with Crippen LogP contribution in [0.3, 0.4) is 0 Å². The Morgan fingerprint density at radius 3 is 1.88 bits per heavy atom. The molecule has 0 fully saturated rings. The van der Waals surface area contributed by atoms with Gasteiger partial charge in [-0.25, -0.2) is 0 Å². The molecule has 2 heteroatoms. The number of rotatable bonds is 6. The first-order valence-electron chi connectivity index (χ1n) is 6.66. The Labute approximate surface area is 102 Å². The van der Waals surface area contributed by atoms with Crippen molar-refractivity contribution in [2.75, 3.05) is 6.61 Å². The summed E-state index contributed by atoms with van der Waals surface area (Å²) in [6.45, 7) is 13.2. The molecule has 0 aliphatic rings. The largest absolute Gasteiger partial charge is 0.465 e. The molecule has 0 radical (unpaired) electrons. The van der Waals surface area contributed by atoms with E-state index in [1.54, 1.807) is 0 Å². The molecule has 0 aromatic rings. The van der Waals surface area contributed by atoms with Gasteiger partial charge in [-0.2, -0.15) is 0 Å². The summed E-state index contributed by atoms with van der Waals surface area (Å²) < 4.78 is 5.00. The van der Waals surface area contributed by atoms with E-state index in [9.17, 15) is 4.79 Å². The van der Waals surface area contributed by atoms with Crippen molar-refractivity contribution in [3.05, 3.63) is 0 Å². The number of carbonyl (C=O) groups excluding carboxylic acids is 1. The lowest BCUT2D eigenvalue weighted by Crippen LogP contribution is -2.14. The maximum Gasteiger partial charge on any atom is 0.308 e. The lowest BCUT2D eigenvalue weighted by atomic mass is 10.1. The molecule has 0 aromatic carbocycles. The SMILES string of the molecule is CCC(C)C.CCCCOC(=O)C(C)CC. The molecule has 2 nitrogen and oxygen atoms in total. The van der Waals surface area contributed by atoms with Gasteiger partial charge in [0.1, 0.15) is 0 Å². The molecule has 1 atom stereocenters. The van der Waals surface area contributed by atoms with E-state index < -0.39 is 0 Å². The van der Waals surface area contributed by atoms with E-state index in [0.29, 0.717) is 6.61 Å². The predicted octanol–water partition coefficient (Wildman–Crippen LogP) is 4.43. The number of esters is 1. The minimum atomic E-state index is -0.0547. The molecular formula is C14H30O2. The Morgan fingerprint density at radius 2 is 1.56 bits per heavy atom. The monoisotopic (exact) mass is 230 g/mol. The minimum Gasteiger partial charge on any atom is -0.465 e. The van der Waals surface area contributed by atoms with Gasteiger partial charge < -0.3 is 4.74 Å². The molecule has 0 saturated heterocycles. The smallest absolute Gasteiger partial charge is 0.308 e. The highest BCUT2D eigenvalue weighted by molar-refractivity contribution is 5.71. The third-order valence-electron chi connectivity index (χ3n) is 2.57. The highest BCUT2D eigenvalue weighted by atomic mass is 16.5. The van der Waals surface area contributed by atoms with Gasteiger partial charge in [0.25, 0.3) is 0 Å². The molecule has 0 spiro atoms. The standard InChI is InChI=1S/C9H18O2.C5H12/c1-4-6-7-11-9(10)8(3)5-2;1-4-5(2)3/h8H,4-7H2,1-3H3;5H,4H2,1-3H3. The first-order valence-corrected chi connectivity index (χ1v) is 6.66. The molecule has 0 saturated carbocycles. The molecule has 0 rings (SSSR count). The average Bonchev–Trinajstić information content (AvgIpc) is 2.28. The summed E-state index contributed by atoms with van der Waals surface area (Å²) in [7, 11) is 0. The van der Waals surface area contributed by atoms with Gasteiger partial charge in [0.05, 0.1) is 12.5 Å². The number of hydrogen-bond donors (Lipinski definition) is 0. The second-order valence-corrected chi connectivity index (χ2v) is 4.63. The molecule has 0 N–H and O–H groups in total. The lowest BCUT2D eigenvalue weighted by molar-refractivity contribution is -0.148. The summed E-state index contributed by atoms with van der Waals surface area (Å²) in [5.41, 5.74) is 0. The molecule has 1 unspecified atom stereocenters. The first kappa shape index (κ1) is 17.9. The van der Waals surface area contributed by atoms with Crippen molar-refractivity contribution in [1.29, 1.82) is 0 Å². The highest BCUT2D eigenvalue weighted by Crippen LogP contribution is 2.03. The van der Waals surface area contributed by atoms with Crippen molar-refractivity contribution in [1.82, 2.24) is 0 Å². The number of carbonyl (C=O) groups is 1. The van der Waals surface area contributed by atoms with Crippen LogP contribution in [0.1, 0.15) is 67.2 Å². The van der Waals surface area contributed by atoms with Gasteiger partial charge in [-0.05, 0) is 18.8 Å². The molecular weight excluding hydrogens is 200 g/mol. The number of ether oxygens (including phenoxy) is 1. The summed E-state index contributed by atoms with van der Waals surface area (Å²) in [5.74, 6) is 0.891. The van der Waals surface area contributed by atoms with Crippen LogP contribution < -0.4 is 0 Å². The van der Waals surface area contributed by atoms with Crippen LogP contribution in [0.5, 0.6) is 0 Å². The van der Waals surface area contributed by atoms with E-state index in [1.807, 2.05) is 13.8 Å². The van der Waals surface area contributed by atoms with Crippen molar-refractivity contribution >= 4 is 5.97 Å². The zero-order valence-electron chi connectivity index (χ0n) is 12.0. The van der Waals surface area contributed by atoms with Gasteiger partial charge in [0.2, 0.25) is 0 Å². The van der Waals surface area contributed by atoms with E-state index in [2.05, 4.69) is 27.7 Å². The molecule has 0 aliphatic heterocycles. The van der Waals surface area contributed by atoms with Crippen LogP contribution in [-0.2, 0) is 9.53 Å². The Hall–Kier alpha value is -0.530.